The number of fused-ring (bicyclic) bond motifs is 2. The molecule has 0 radical (unpaired) electrons. The van der Waals surface area contributed by atoms with Gasteiger partial charge in [-0.15, -0.1) is 0 Å². The maximum atomic E-state index is 6.26. The van der Waals surface area contributed by atoms with Crippen LogP contribution in [0, 0.1) is 0 Å². The summed E-state index contributed by atoms with van der Waals surface area (Å²) in [5.74, 6) is 2.36. The van der Waals surface area contributed by atoms with Gasteiger partial charge < -0.3 is 31.4 Å². The highest BCUT2D eigenvalue weighted by molar-refractivity contribution is 5.59. The van der Waals surface area contributed by atoms with E-state index >= 15 is 0 Å². The second-order valence-electron chi connectivity index (χ2n) is 9.26. The van der Waals surface area contributed by atoms with Gasteiger partial charge in [-0.25, -0.2) is 4.98 Å². The molecule has 6 rings (SSSR count). The van der Waals surface area contributed by atoms with Crippen molar-refractivity contribution in [2.75, 3.05) is 6.54 Å². The third-order valence-corrected chi connectivity index (χ3v) is 6.28. The average Bonchev–Trinajstić information content (AvgIpc) is 3.32. The first-order valence-electron chi connectivity index (χ1n) is 11.9. The first kappa shape index (κ1) is 21.3. The molecule has 3 heterocycles. The maximum Gasteiger partial charge on any atom is 0.138 e. The molecule has 0 amide bonds. The Kier molecular flexibility index (Phi) is 5.19. The lowest BCUT2D eigenvalue weighted by Gasteiger charge is -2.13. The molecule has 1 aliphatic carbocycles. The van der Waals surface area contributed by atoms with Gasteiger partial charge in [0.25, 0.3) is 0 Å². The molecule has 0 saturated carbocycles. The van der Waals surface area contributed by atoms with Crippen LogP contribution in [-0.4, -0.2) is 22.1 Å². The van der Waals surface area contributed by atoms with E-state index in [2.05, 4.69) is 39.1 Å². The van der Waals surface area contributed by atoms with Crippen molar-refractivity contribution in [3.8, 4) is 22.9 Å². The number of ether oxygens (including phenoxy) is 1. The second-order valence-corrected chi connectivity index (χ2v) is 9.26. The van der Waals surface area contributed by atoms with Crippen LogP contribution in [0.25, 0.3) is 23.5 Å². The standard InChI is InChI=1S/C28H28N6O/c1-28(29)14-2-4-22-24(16-28)33-26(31-22)18-6-10-20(11-7-18)35-21-12-8-19(9-13-21)27-32-23-5-3-15-30-17-25(23)34-27/h2,4-14,16-17,27,30,32,34H,3,15,29H2,1H3,(H,31,33). The molecule has 1 aromatic heterocycles. The maximum absolute atomic E-state index is 6.26. The number of nitrogens with one attached hydrogen (secondary N) is 4. The summed E-state index contributed by atoms with van der Waals surface area (Å²) >= 11 is 0. The number of imidazole rings is 1. The van der Waals surface area contributed by atoms with Crippen LogP contribution in [0.15, 0.2) is 84.4 Å². The molecular formula is C28H28N6O. The summed E-state index contributed by atoms with van der Waals surface area (Å²) in [7, 11) is 0. The first-order valence-corrected chi connectivity index (χ1v) is 11.9. The minimum Gasteiger partial charge on any atom is -0.457 e. The van der Waals surface area contributed by atoms with Gasteiger partial charge in [-0.3, -0.25) is 0 Å². The lowest BCUT2D eigenvalue weighted by molar-refractivity contribution is 0.482. The summed E-state index contributed by atoms with van der Waals surface area (Å²) in [6.45, 7) is 2.92. The van der Waals surface area contributed by atoms with Gasteiger partial charge in [-0.1, -0.05) is 30.4 Å². The van der Waals surface area contributed by atoms with E-state index in [1.165, 1.54) is 0 Å². The number of rotatable bonds is 4. The third kappa shape index (κ3) is 4.46. The van der Waals surface area contributed by atoms with Gasteiger partial charge in [0.15, 0.2) is 0 Å². The highest BCUT2D eigenvalue weighted by atomic mass is 16.5. The minimum absolute atomic E-state index is 0.0475. The van der Waals surface area contributed by atoms with Crippen LogP contribution in [0.1, 0.15) is 25.1 Å². The molecule has 2 aromatic carbocycles. The van der Waals surface area contributed by atoms with Crippen LogP contribution in [0.2, 0.25) is 0 Å². The molecule has 35 heavy (non-hydrogen) atoms. The van der Waals surface area contributed by atoms with Crippen LogP contribution >= 0.6 is 0 Å². The van der Waals surface area contributed by atoms with Crippen LogP contribution in [0.5, 0.6) is 11.5 Å². The van der Waals surface area contributed by atoms with Crippen molar-refractivity contribution in [1.82, 2.24) is 25.9 Å². The smallest absolute Gasteiger partial charge is 0.138 e. The molecule has 1 fully saturated rings. The molecule has 6 N–H and O–H groups in total. The molecule has 1 saturated heterocycles. The predicted octanol–water partition coefficient (Wildman–Crippen LogP) is 2.63. The zero-order chi connectivity index (χ0) is 23.8. The number of hydrogen-bond donors (Lipinski definition) is 5. The third-order valence-electron chi connectivity index (χ3n) is 6.28. The summed E-state index contributed by atoms with van der Waals surface area (Å²) < 4.78 is 6.08. The molecule has 0 bridgehead atoms. The lowest BCUT2D eigenvalue weighted by atomic mass is 10.0. The molecule has 2 unspecified atom stereocenters. The van der Waals surface area contributed by atoms with E-state index in [9.17, 15) is 0 Å². The average molecular weight is 465 g/mol. The fourth-order valence-corrected chi connectivity index (χ4v) is 4.45. The number of aromatic nitrogens is 2. The van der Waals surface area contributed by atoms with Gasteiger partial charge in [0, 0.05) is 18.3 Å². The van der Waals surface area contributed by atoms with Crippen LogP contribution < -0.4 is 37.1 Å². The Bertz CT molecular complexity index is 1440. The van der Waals surface area contributed by atoms with E-state index in [1.807, 2.05) is 73.8 Å². The Morgan fingerprint density at radius 3 is 2.54 bits per heavy atom. The number of nitrogens with two attached hydrogens (primary N) is 1. The minimum atomic E-state index is -0.519. The van der Waals surface area contributed by atoms with Gasteiger partial charge in [-0.2, -0.15) is 0 Å². The zero-order valence-corrected chi connectivity index (χ0v) is 19.5. The Morgan fingerprint density at radius 2 is 1.74 bits per heavy atom. The highest BCUT2D eigenvalue weighted by Crippen LogP contribution is 2.28. The molecular weight excluding hydrogens is 436 g/mol. The Labute approximate surface area is 203 Å². The van der Waals surface area contributed by atoms with Crippen LogP contribution in [0.3, 0.4) is 0 Å². The quantitative estimate of drug-likeness (QED) is 0.407. The van der Waals surface area contributed by atoms with Crippen LogP contribution in [-0.2, 0) is 0 Å². The van der Waals surface area contributed by atoms with Crippen molar-refractivity contribution in [1.29, 1.82) is 0 Å². The zero-order valence-electron chi connectivity index (χ0n) is 19.5. The van der Waals surface area contributed by atoms with E-state index < -0.39 is 5.54 Å². The highest BCUT2D eigenvalue weighted by Gasteiger charge is 2.24. The Balaban J connectivity index is 1.15. The number of hydrogen-bond acceptors (Lipinski definition) is 6. The number of H-pyrrole nitrogens is 1. The van der Waals surface area contributed by atoms with Gasteiger partial charge >= 0.3 is 0 Å². The number of benzene rings is 2. The molecule has 2 atom stereocenters. The van der Waals surface area contributed by atoms with Crippen molar-refractivity contribution in [2.45, 2.75) is 25.0 Å². The topological polar surface area (TPSA) is 100 Å². The summed E-state index contributed by atoms with van der Waals surface area (Å²) in [5, 5.41) is 12.2. The van der Waals surface area contributed by atoms with Gasteiger partial charge in [0.2, 0.25) is 0 Å². The molecule has 2 aliphatic heterocycles. The van der Waals surface area contributed by atoms with Crippen molar-refractivity contribution in [3.05, 3.63) is 101 Å². The fourth-order valence-electron chi connectivity index (χ4n) is 4.45. The van der Waals surface area contributed by atoms with E-state index in [4.69, 9.17) is 15.5 Å². The van der Waals surface area contributed by atoms with Gasteiger partial charge in [0.05, 0.1) is 27.6 Å². The second kappa shape index (κ2) is 8.52. The Morgan fingerprint density at radius 1 is 1.00 bits per heavy atom. The summed E-state index contributed by atoms with van der Waals surface area (Å²) in [5.41, 5.74) is 10.1. The normalized spacial score (nSPS) is 22.4. The van der Waals surface area contributed by atoms with E-state index in [1.54, 1.807) is 0 Å². The first-order chi connectivity index (χ1) is 17.0. The van der Waals surface area contributed by atoms with Crippen molar-refractivity contribution in [2.24, 2.45) is 5.73 Å². The number of nitrogens with zero attached hydrogens (tertiary/aromatic N) is 1. The summed E-state index contributed by atoms with van der Waals surface area (Å²) in [6.07, 6.45) is 13.2. The van der Waals surface area contributed by atoms with Crippen LogP contribution in [0.4, 0.5) is 0 Å². The molecule has 7 heteroatoms. The van der Waals surface area contributed by atoms with Crippen molar-refractivity contribution in [3.63, 3.8) is 0 Å². The fraction of sp³-hybridized carbons (Fsp3) is 0.179. The Hall–Kier alpha value is -4.23. The largest absolute Gasteiger partial charge is 0.457 e. The summed E-state index contributed by atoms with van der Waals surface area (Å²) in [4.78, 5) is 8.13. The predicted molar refractivity (Wildman–Crippen MR) is 138 cm³/mol. The van der Waals surface area contributed by atoms with Crippen molar-refractivity contribution < 1.29 is 4.74 Å². The molecule has 3 aliphatic rings. The van der Waals surface area contributed by atoms with Gasteiger partial charge in [0.1, 0.15) is 23.5 Å². The van der Waals surface area contributed by atoms with E-state index in [0.29, 0.717) is 0 Å². The van der Waals surface area contributed by atoms with E-state index in [0.717, 1.165) is 63.5 Å². The molecule has 176 valence electrons. The van der Waals surface area contributed by atoms with Crippen molar-refractivity contribution >= 4 is 12.2 Å². The van der Waals surface area contributed by atoms with Gasteiger partial charge in [-0.05, 0) is 67.5 Å². The summed E-state index contributed by atoms with van der Waals surface area (Å²) in [6, 6.07) is 16.1. The molecule has 0 spiro atoms. The molecule has 3 aromatic rings. The van der Waals surface area contributed by atoms with E-state index in [-0.39, 0.29) is 6.17 Å². The lowest BCUT2D eigenvalue weighted by Crippen LogP contribution is -2.35. The SMILES string of the molecule is CC1(N)C=CC=c2[nH]c(-c3ccc(Oc4ccc(C5NC6=CCCNC=C6N5)cc4)cc3)nc2=C1. The monoisotopic (exact) mass is 464 g/mol. The molecule has 7 nitrogen and oxygen atoms in total. The number of aromatic amines is 1. The number of allylic oxidation sites excluding steroid dienone is 1.